The van der Waals surface area contributed by atoms with Gasteiger partial charge >= 0.3 is 0 Å². The van der Waals surface area contributed by atoms with E-state index in [0.29, 0.717) is 17.3 Å². The van der Waals surface area contributed by atoms with Crippen LogP contribution in [0, 0.1) is 0 Å². The molecule has 1 aromatic carbocycles. The van der Waals surface area contributed by atoms with Crippen LogP contribution in [0.5, 0.6) is 0 Å². The number of nitrogen functional groups attached to an aromatic ring is 1. The lowest BCUT2D eigenvalue weighted by atomic mass is 10.1. The van der Waals surface area contributed by atoms with Gasteiger partial charge in [0.1, 0.15) is 0 Å². The Morgan fingerprint density at radius 2 is 2.11 bits per heavy atom. The number of hydrogen-bond acceptors (Lipinski definition) is 4. The second kappa shape index (κ2) is 4.74. The molecule has 1 amide bonds. The van der Waals surface area contributed by atoms with Crippen LogP contribution >= 0.6 is 0 Å². The number of primary amides is 1. The number of anilines is 2. The molecular formula is C14H20N4O. The van der Waals surface area contributed by atoms with E-state index >= 15 is 0 Å². The fraction of sp³-hybridized carbons (Fsp3) is 0.500. The van der Waals surface area contributed by atoms with Crippen LogP contribution in [0.25, 0.3) is 0 Å². The van der Waals surface area contributed by atoms with Crippen LogP contribution in [0.1, 0.15) is 29.6 Å². The van der Waals surface area contributed by atoms with Gasteiger partial charge in [0, 0.05) is 30.7 Å². The standard InChI is InChI=1S/C14H20N4O/c15-12-4-1-9(14(16)19)7-13(12)17-10-5-6-18(8-10)11-2-3-11/h1,4,7,10-11,17H,2-3,5-6,8,15H2,(H2,16,19). The van der Waals surface area contributed by atoms with Crippen molar-refractivity contribution in [2.45, 2.75) is 31.3 Å². The van der Waals surface area contributed by atoms with Crippen LogP contribution in [-0.4, -0.2) is 36.0 Å². The van der Waals surface area contributed by atoms with Crippen molar-refractivity contribution in [1.29, 1.82) is 0 Å². The molecule has 1 aliphatic heterocycles. The summed E-state index contributed by atoms with van der Waals surface area (Å²) in [7, 11) is 0. The molecule has 1 atom stereocenters. The monoisotopic (exact) mass is 260 g/mol. The van der Waals surface area contributed by atoms with E-state index in [9.17, 15) is 4.79 Å². The molecule has 2 fully saturated rings. The van der Waals surface area contributed by atoms with Crippen molar-refractivity contribution in [1.82, 2.24) is 4.90 Å². The van der Waals surface area contributed by atoms with Crippen LogP contribution in [0.2, 0.25) is 0 Å². The zero-order valence-electron chi connectivity index (χ0n) is 10.9. The number of nitrogens with zero attached hydrogens (tertiary/aromatic N) is 1. The first-order valence-electron chi connectivity index (χ1n) is 6.83. The molecule has 0 spiro atoms. The van der Waals surface area contributed by atoms with Gasteiger partial charge in [0.25, 0.3) is 0 Å². The molecule has 0 radical (unpaired) electrons. The third-order valence-corrected chi connectivity index (χ3v) is 3.98. The second-order valence-corrected chi connectivity index (χ2v) is 5.52. The predicted octanol–water partition coefficient (Wildman–Crippen LogP) is 1.02. The summed E-state index contributed by atoms with van der Waals surface area (Å²) < 4.78 is 0. The van der Waals surface area contributed by atoms with E-state index in [4.69, 9.17) is 11.5 Å². The van der Waals surface area contributed by atoms with Gasteiger partial charge in [-0.15, -0.1) is 0 Å². The van der Waals surface area contributed by atoms with E-state index < -0.39 is 5.91 Å². The Morgan fingerprint density at radius 3 is 2.79 bits per heavy atom. The molecule has 0 bridgehead atoms. The molecule has 1 aliphatic carbocycles. The van der Waals surface area contributed by atoms with Gasteiger partial charge < -0.3 is 16.8 Å². The molecule has 1 heterocycles. The highest BCUT2D eigenvalue weighted by Crippen LogP contribution is 2.31. The maximum absolute atomic E-state index is 11.2. The quantitative estimate of drug-likeness (QED) is 0.706. The van der Waals surface area contributed by atoms with E-state index in [-0.39, 0.29) is 0 Å². The summed E-state index contributed by atoms with van der Waals surface area (Å²) in [4.78, 5) is 13.7. The molecule has 2 aliphatic rings. The third kappa shape index (κ3) is 2.66. The topological polar surface area (TPSA) is 84.4 Å². The minimum atomic E-state index is -0.422. The first-order chi connectivity index (χ1) is 9.13. The first kappa shape index (κ1) is 12.3. The van der Waals surface area contributed by atoms with E-state index in [1.165, 1.54) is 12.8 Å². The highest BCUT2D eigenvalue weighted by atomic mass is 16.1. The minimum Gasteiger partial charge on any atom is -0.397 e. The van der Waals surface area contributed by atoms with Crippen molar-refractivity contribution in [3.8, 4) is 0 Å². The van der Waals surface area contributed by atoms with Crippen molar-refractivity contribution in [3.63, 3.8) is 0 Å². The van der Waals surface area contributed by atoms with Crippen LogP contribution < -0.4 is 16.8 Å². The molecule has 1 unspecified atom stereocenters. The number of amides is 1. The summed E-state index contributed by atoms with van der Waals surface area (Å²) in [6.45, 7) is 2.21. The van der Waals surface area contributed by atoms with Crippen LogP contribution in [-0.2, 0) is 0 Å². The van der Waals surface area contributed by atoms with Crippen molar-refractivity contribution >= 4 is 17.3 Å². The van der Waals surface area contributed by atoms with E-state index in [0.717, 1.165) is 31.2 Å². The lowest BCUT2D eigenvalue weighted by molar-refractivity contribution is 0.100. The average Bonchev–Trinajstić information content (AvgIpc) is 3.13. The highest BCUT2D eigenvalue weighted by molar-refractivity contribution is 5.94. The summed E-state index contributed by atoms with van der Waals surface area (Å²) >= 11 is 0. The number of likely N-dealkylation sites (tertiary alicyclic amines) is 1. The molecule has 5 nitrogen and oxygen atoms in total. The predicted molar refractivity (Wildman–Crippen MR) is 76.0 cm³/mol. The van der Waals surface area contributed by atoms with Gasteiger partial charge in [0.05, 0.1) is 11.4 Å². The van der Waals surface area contributed by atoms with Crippen molar-refractivity contribution < 1.29 is 4.79 Å². The minimum absolute atomic E-state index is 0.408. The Balaban J connectivity index is 1.68. The number of carbonyl (C=O) groups excluding carboxylic acids is 1. The SMILES string of the molecule is NC(=O)c1ccc(N)c(NC2CCN(C3CC3)C2)c1. The van der Waals surface area contributed by atoms with Gasteiger partial charge in [-0.3, -0.25) is 9.69 Å². The number of hydrogen-bond donors (Lipinski definition) is 3. The van der Waals surface area contributed by atoms with Crippen LogP contribution in [0.3, 0.4) is 0 Å². The molecule has 5 N–H and O–H groups in total. The fourth-order valence-electron chi connectivity index (χ4n) is 2.73. The number of nitrogens with one attached hydrogen (secondary N) is 1. The molecule has 1 saturated carbocycles. The van der Waals surface area contributed by atoms with Crippen LogP contribution in [0.4, 0.5) is 11.4 Å². The van der Waals surface area contributed by atoms with Crippen molar-refractivity contribution in [3.05, 3.63) is 23.8 Å². The van der Waals surface area contributed by atoms with E-state index in [1.54, 1.807) is 18.2 Å². The Bertz CT molecular complexity index is 498. The van der Waals surface area contributed by atoms with Crippen molar-refractivity contribution in [2.75, 3.05) is 24.1 Å². The van der Waals surface area contributed by atoms with Gasteiger partial charge in [-0.1, -0.05) is 0 Å². The molecule has 5 heteroatoms. The summed E-state index contributed by atoms with van der Waals surface area (Å²) in [5, 5.41) is 3.44. The summed E-state index contributed by atoms with van der Waals surface area (Å²) in [5.74, 6) is -0.422. The third-order valence-electron chi connectivity index (χ3n) is 3.98. The first-order valence-corrected chi connectivity index (χ1v) is 6.83. The zero-order valence-corrected chi connectivity index (χ0v) is 10.9. The Kier molecular flexibility index (Phi) is 3.06. The Morgan fingerprint density at radius 1 is 1.32 bits per heavy atom. The number of benzene rings is 1. The summed E-state index contributed by atoms with van der Waals surface area (Å²) in [6.07, 6.45) is 3.80. The number of carbonyl (C=O) groups is 1. The molecule has 0 aromatic heterocycles. The fourth-order valence-corrected chi connectivity index (χ4v) is 2.73. The van der Waals surface area contributed by atoms with Gasteiger partial charge in [0.15, 0.2) is 0 Å². The maximum atomic E-state index is 11.2. The zero-order chi connectivity index (χ0) is 13.4. The number of rotatable bonds is 4. The molecule has 1 aromatic rings. The molecule has 102 valence electrons. The van der Waals surface area contributed by atoms with Crippen molar-refractivity contribution in [2.24, 2.45) is 5.73 Å². The second-order valence-electron chi connectivity index (χ2n) is 5.52. The van der Waals surface area contributed by atoms with E-state index in [1.807, 2.05) is 0 Å². The summed E-state index contributed by atoms with van der Waals surface area (Å²) in [5.41, 5.74) is 13.2. The van der Waals surface area contributed by atoms with Gasteiger partial charge in [-0.05, 0) is 37.5 Å². The maximum Gasteiger partial charge on any atom is 0.248 e. The Labute approximate surface area is 112 Å². The molecule has 3 rings (SSSR count). The molecular weight excluding hydrogens is 240 g/mol. The Hall–Kier alpha value is -1.75. The number of nitrogens with two attached hydrogens (primary N) is 2. The lowest BCUT2D eigenvalue weighted by Crippen LogP contribution is -2.28. The normalized spacial score (nSPS) is 23.5. The largest absolute Gasteiger partial charge is 0.397 e. The molecule has 19 heavy (non-hydrogen) atoms. The van der Waals surface area contributed by atoms with Gasteiger partial charge in [-0.2, -0.15) is 0 Å². The lowest BCUT2D eigenvalue weighted by Gasteiger charge is -2.18. The van der Waals surface area contributed by atoms with E-state index in [2.05, 4.69) is 10.2 Å². The van der Waals surface area contributed by atoms with Gasteiger partial charge in [0.2, 0.25) is 5.91 Å². The smallest absolute Gasteiger partial charge is 0.248 e. The average molecular weight is 260 g/mol. The van der Waals surface area contributed by atoms with Crippen LogP contribution in [0.15, 0.2) is 18.2 Å². The van der Waals surface area contributed by atoms with Gasteiger partial charge in [-0.25, -0.2) is 0 Å². The molecule has 1 saturated heterocycles. The highest BCUT2D eigenvalue weighted by Gasteiger charge is 2.34. The summed E-state index contributed by atoms with van der Waals surface area (Å²) in [6, 6.07) is 6.36.